The first-order valence-electron chi connectivity index (χ1n) is 14.0. The average molecular weight is 586 g/mol. The summed E-state index contributed by atoms with van der Waals surface area (Å²) in [5.41, 5.74) is 3.84. The molecule has 7 rings (SSSR count). The molecule has 0 spiro atoms. The van der Waals surface area contributed by atoms with Gasteiger partial charge in [0.05, 0.1) is 29.5 Å². The molecule has 7 nitrogen and oxygen atoms in total. The highest BCUT2D eigenvalue weighted by atomic mass is 32.1. The molecule has 0 amide bonds. The number of fused-ring (bicyclic) bond motifs is 3. The van der Waals surface area contributed by atoms with Gasteiger partial charge in [-0.2, -0.15) is 0 Å². The highest BCUT2D eigenvalue weighted by Gasteiger charge is 2.37. The Balaban J connectivity index is 1.60. The highest BCUT2D eigenvalue weighted by molar-refractivity contribution is 7.07. The van der Waals surface area contributed by atoms with Crippen LogP contribution in [0.5, 0.6) is 5.75 Å². The zero-order valence-corrected chi connectivity index (χ0v) is 24.4. The van der Waals surface area contributed by atoms with E-state index in [1.165, 1.54) is 11.3 Å². The molecule has 212 valence electrons. The number of hydrogen-bond acceptors (Lipinski definition) is 6. The van der Waals surface area contributed by atoms with E-state index in [9.17, 15) is 9.59 Å². The molecule has 4 aromatic carbocycles. The molecular weight excluding hydrogens is 558 g/mol. The van der Waals surface area contributed by atoms with E-state index in [0.29, 0.717) is 26.3 Å². The molecular formula is C35H27N3O4S. The lowest BCUT2D eigenvalue weighted by atomic mass is 9.89. The van der Waals surface area contributed by atoms with Crippen molar-refractivity contribution in [2.45, 2.75) is 13.0 Å². The Morgan fingerprint density at radius 3 is 2.51 bits per heavy atom. The van der Waals surface area contributed by atoms with Gasteiger partial charge in [-0.15, -0.1) is 0 Å². The number of methoxy groups -OCH3 is 1. The van der Waals surface area contributed by atoms with Gasteiger partial charge < -0.3 is 14.5 Å². The molecule has 1 atom stereocenters. The van der Waals surface area contributed by atoms with Crippen molar-refractivity contribution < 1.29 is 14.3 Å². The maximum atomic E-state index is 14.4. The molecule has 3 heterocycles. The normalized spacial score (nSPS) is 15.0. The van der Waals surface area contributed by atoms with Crippen LogP contribution in [0.15, 0.2) is 113 Å². The number of hydrogen-bond donors (Lipinski definition) is 1. The first-order valence-corrected chi connectivity index (χ1v) is 14.8. The summed E-state index contributed by atoms with van der Waals surface area (Å²) in [6, 6.07) is 28.4. The zero-order valence-electron chi connectivity index (χ0n) is 23.5. The number of esters is 1. The quantitative estimate of drug-likeness (QED) is 0.259. The lowest BCUT2D eigenvalue weighted by Crippen LogP contribution is -2.40. The van der Waals surface area contributed by atoms with E-state index in [4.69, 9.17) is 14.5 Å². The average Bonchev–Trinajstić information content (AvgIpc) is 3.60. The van der Waals surface area contributed by atoms with Crippen molar-refractivity contribution >= 4 is 50.8 Å². The predicted molar refractivity (Wildman–Crippen MR) is 170 cm³/mol. The summed E-state index contributed by atoms with van der Waals surface area (Å²) in [4.78, 5) is 37.1. The number of benzene rings is 4. The SMILES string of the molecule is CCOC(=O)C1=C(c2ccccc2)N=c2s/c(=C/c3c[nH]c4ccccc34)c(=O)n2[C@H]1c1c(OC)ccc2ccccc12. The lowest BCUT2D eigenvalue weighted by Gasteiger charge is -2.28. The van der Waals surface area contributed by atoms with Crippen molar-refractivity contribution in [2.75, 3.05) is 13.7 Å². The van der Waals surface area contributed by atoms with E-state index in [1.54, 1.807) is 18.6 Å². The summed E-state index contributed by atoms with van der Waals surface area (Å²) in [6.07, 6.45) is 3.78. The van der Waals surface area contributed by atoms with Crippen LogP contribution in [0.4, 0.5) is 0 Å². The number of nitrogens with zero attached hydrogens (tertiary/aromatic N) is 2. The van der Waals surface area contributed by atoms with Gasteiger partial charge in [-0.3, -0.25) is 9.36 Å². The van der Waals surface area contributed by atoms with E-state index in [-0.39, 0.29) is 17.7 Å². The van der Waals surface area contributed by atoms with Gasteiger partial charge in [-0.25, -0.2) is 9.79 Å². The first-order chi connectivity index (χ1) is 21.1. The van der Waals surface area contributed by atoms with E-state index >= 15 is 0 Å². The summed E-state index contributed by atoms with van der Waals surface area (Å²) < 4.78 is 13.7. The van der Waals surface area contributed by atoms with Crippen LogP contribution in [-0.2, 0) is 9.53 Å². The lowest BCUT2D eigenvalue weighted by molar-refractivity contribution is -0.138. The largest absolute Gasteiger partial charge is 0.496 e. The maximum Gasteiger partial charge on any atom is 0.338 e. The van der Waals surface area contributed by atoms with E-state index in [2.05, 4.69) is 4.98 Å². The Hall–Kier alpha value is -5.21. The number of carbonyl (C=O) groups excluding carboxylic acids is 1. The predicted octanol–water partition coefficient (Wildman–Crippen LogP) is 5.58. The summed E-state index contributed by atoms with van der Waals surface area (Å²) in [6.45, 7) is 1.94. The topological polar surface area (TPSA) is 85.7 Å². The fraction of sp³-hybridized carbons (Fsp3) is 0.114. The van der Waals surface area contributed by atoms with E-state index in [1.807, 2.05) is 103 Å². The number of aromatic nitrogens is 2. The minimum atomic E-state index is -0.850. The summed E-state index contributed by atoms with van der Waals surface area (Å²) in [5.74, 6) is 0.0296. The molecule has 1 N–H and O–H groups in total. The third-order valence-corrected chi connectivity index (χ3v) is 8.69. The molecule has 43 heavy (non-hydrogen) atoms. The van der Waals surface area contributed by atoms with Crippen molar-refractivity contribution in [3.63, 3.8) is 0 Å². The molecule has 8 heteroatoms. The highest BCUT2D eigenvalue weighted by Crippen LogP contribution is 2.42. The Morgan fingerprint density at radius 1 is 0.977 bits per heavy atom. The maximum absolute atomic E-state index is 14.4. The van der Waals surface area contributed by atoms with Crippen molar-refractivity contribution in [3.8, 4) is 5.75 Å². The third kappa shape index (κ3) is 4.47. The number of nitrogens with one attached hydrogen (secondary N) is 1. The zero-order chi connectivity index (χ0) is 29.5. The third-order valence-electron chi connectivity index (χ3n) is 7.71. The van der Waals surface area contributed by atoms with Gasteiger partial charge >= 0.3 is 5.97 Å². The summed E-state index contributed by atoms with van der Waals surface area (Å²) in [7, 11) is 1.60. The standard InChI is InChI=1S/C35H27N3O4S/c1-3-42-34(40)30-31(22-12-5-4-6-13-22)37-35-38(32(30)29-25-15-8-7-11-21(25)17-18-27(29)41-2)33(39)28(43-35)19-23-20-36-26-16-10-9-14-24(23)26/h4-20,32,36H,3H2,1-2H3/b28-19+/t32-/m0/s1. The first kappa shape index (κ1) is 26.7. The van der Waals surface area contributed by atoms with Gasteiger partial charge in [0.1, 0.15) is 11.8 Å². The Kier molecular flexibility index (Phi) is 6.75. The van der Waals surface area contributed by atoms with E-state index in [0.717, 1.165) is 32.8 Å². The molecule has 6 aromatic rings. The van der Waals surface area contributed by atoms with Crippen LogP contribution in [0.1, 0.15) is 29.7 Å². The van der Waals surface area contributed by atoms with Crippen molar-refractivity contribution in [2.24, 2.45) is 4.99 Å². The van der Waals surface area contributed by atoms with Crippen LogP contribution < -0.4 is 19.6 Å². The molecule has 0 aliphatic carbocycles. The minimum absolute atomic E-state index is 0.175. The molecule has 0 bridgehead atoms. The molecule has 0 saturated heterocycles. The van der Waals surface area contributed by atoms with Crippen LogP contribution in [0.25, 0.3) is 33.4 Å². The number of carbonyl (C=O) groups is 1. The van der Waals surface area contributed by atoms with Crippen LogP contribution in [0.3, 0.4) is 0 Å². The number of thiazole rings is 1. The Labute approximate surface area is 250 Å². The summed E-state index contributed by atoms with van der Waals surface area (Å²) >= 11 is 1.30. The molecule has 0 fully saturated rings. The second kappa shape index (κ2) is 10.9. The number of para-hydroxylation sites is 1. The van der Waals surface area contributed by atoms with Crippen LogP contribution in [-0.4, -0.2) is 29.2 Å². The van der Waals surface area contributed by atoms with Crippen molar-refractivity contribution in [3.05, 3.63) is 139 Å². The molecule has 0 radical (unpaired) electrons. The molecule has 2 aromatic heterocycles. The van der Waals surface area contributed by atoms with Crippen LogP contribution in [0, 0.1) is 0 Å². The molecule has 0 unspecified atom stereocenters. The van der Waals surface area contributed by atoms with Crippen LogP contribution >= 0.6 is 11.3 Å². The van der Waals surface area contributed by atoms with Crippen molar-refractivity contribution in [1.82, 2.24) is 9.55 Å². The summed E-state index contributed by atoms with van der Waals surface area (Å²) in [5, 5.41) is 2.84. The second-order valence-corrected chi connectivity index (χ2v) is 11.1. The fourth-order valence-electron chi connectivity index (χ4n) is 5.80. The number of rotatable bonds is 6. The minimum Gasteiger partial charge on any atom is -0.496 e. The molecule has 1 aliphatic heterocycles. The van der Waals surface area contributed by atoms with Gasteiger partial charge in [0.2, 0.25) is 0 Å². The van der Waals surface area contributed by atoms with Gasteiger partial charge in [0.15, 0.2) is 4.80 Å². The monoisotopic (exact) mass is 585 g/mol. The Morgan fingerprint density at radius 2 is 1.72 bits per heavy atom. The number of aromatic amines is 1. The van der Waals surface area contributed by atoms with Gasteiger partial charge in [0.25, 0.3) is 5.56 Å². The molecule has 1 aliphatic rings. The Bertz CT molecular complexity index is 2240. The molecule has 0 saturated carbocycles. The van der Waals surface area contributed by atoms with Gasteiger partial charge in [-0.1, -0.05) is 90.2 Å². The van der Waals surface area contributed by atoms with Gasteiger partial charge in [0, 0.05) is 33.8 Å². The van der Waals surface area contributed by atoms with Gasteiger partial charge in [-0.05, 0) is 35.9 Å². The van der Waals surface area contributed by atoms with E-state index < -0.39 is 12.0 Å². The number of ether oxygens (including phenoxy) is 2. The van der Waals surface area contributed by atoms with Crippen LogP contribution in [0.2, 0.25) is 0 Å². The second-order valence-electron chi connectivity index (χ2n) is 10.1. The fourth-order valence-corrected chi connectivity index (χ4v) is 6.80. The number of H-pyrrole nitrogens is 1. The van der Waals surface area contributed by atoms with Crippen molar-refractivity contribution in [1.29, 1.82) is 0 Å². The smallest absolute Gasteiger partial charge is 0.338 e.